The number of hydrogen-bond donors (Lipinski definition) is 2. The Kier molecular flexibility index (Phi) is 6.18. The molecule has 1 aliphatic rings. The normalized spacial score (nSPS) is 18.1. The Hall–Kier alpha value is -1.63. The summed E-state index contributed by atoms with van der Waals surface area (Å²) in [6.07, 6.45) is 0.330. The molecule has 0 amide bonds. The molecule has 1 fully saturated rings. The molecule has 122 valence electrons. The fourth-order valence-electron chi connectivity index (χ4n) is 2.43. The third-order valence-electron chi connectivity index (χ3n) is 3.97. The molecule has 1 heterocycles. The summed E-state index contributed by atoms with van der Waals surface area (Å²) < 4.78 is 5.74. The molecule has 6 heteroatoms. The first kappa shape index (κ1) is 16.7. The van der Waals surface area contributed by atoms with Gasteiger partial charge in [0.25, 0.3) is 0 Å². The topological polar surface area (TPSA) is 79.0 Å². The number of carboxylic acid groups (broad SMARTS) is 1. The van der Waals surface area contributed by atoms with Crippen LogP contribution in [0.2, 0.25) is 0 Å². The van der Waals surface area contributed by atoms with Crippen molar-refractivity contribution >= 4 is 5.97 Å². The van der Waals surface area contributed by atoms with Crippen molar-refractivity contribution in [3.8, 4) is 5.75 Å². The van der Waals surface area contributed by atoms with Crippen LogP contribution >= 0.6 is 0 Å². The Morgan fingerprint density at radius 2 is 1.91 bits per heavy atom. The van der Waals surface area contributed by atoms with Crippen LogP contribution in [0.25, 0.3) is 0 Å². The number of ether oxygens (including phenoxy) is 1. The van der Waals surface area contributed by atoms with Gasteiger partial charge in [0.1, 0.15) is 18.4 Å². The van der Waals surface area contributed by atoms with Crippen molar-refractivity contribution in [3.63, 3.8) is 0 Å². The Morgan fingerprint density at radius 3 is 2.50 bits per heavy atom. The number of nitrogens with two attached hydrogens (primary N) is 1. The first-order valence-electron chi connectivity index (χ1n) is 7.65. The minimum atomic E-state index is -0.979. The van der Waals surface area contributed by atoms with Gasteiger partial charge in [0, 0.05) is 32.7 Å². The molecule has 1 aliphatic heterocycles. The maximum atomic E-state index is 10.7. The smallest absolute Gasteiger partial charge is 0.320 e. The molecule has 3 N–H and O–H groups in total. The van der Waals surface area contributed by atoms with Crippen LogP contribution in [-0.2, 0) is 11.2 Å². The lowest BCUT2D eigenvalue weighted by molar-refractivity contribution is -0.138. The molecule has 1 aromatic carbocycles. The van der Waals surface area contributed by atoms with Crippen molar-refractivity contribution in [1.82, 2.24) is 9.80 Å². The van der Waals surface area contributed by atoms with Crippen molar-refractivity contribution in [2.75, 3.05) is 46.4 Å². The maximum absolute atomic E-state index is 10.7. The molecular formula is C16H25N3O3. The predicted octanol–water partition coefficient (Wildman–Crippen LogP) is 0.267. The van der Waals surface area contributed by atoms with E-state index in [9.17, 15) is 4.79 Å². The van der Waals surface area contributed by atoms with Gasteiger partial charge < -0.3 is 20.5 Å². The Morgan fingerprint density at radius 1 is 1.27 bits per heavy atom. The molecule has 22 heavy (non-hydrogen) atoms. The quantitative estimate of drug-likeness (QED) is 0.753. The van der Waals surface area contributed by atoms with Crippen molar-refractivity contribution in [3.05, 3.63) is 29.8 Å². The van der Waals surface area contributed by atoms with Gasteiger partial charge in [0.2, 0.25) is 0 Å². The highest BCUT2D eigenvalue weighted by Gasteiger charge is 2.13. The van der Waals surface area contributed by atoms with Crippen LogP contribution in [0.4, 0.5) is 0 Å². The zero-order chi connectivity index (χ0) is 15.9. The first-order valence-corrected chi connectivity index (χ1v) is 7.65. The standard InChI is InChI=1S/C16H25N3O3/c1-18-6-8-19(9-7-18)10-11-22-14-4-2-13(3-5-14)12-15(17)16(20)21/h2-5,15H,6-12,17H2,1H3,(H,20,21). The van der Waals surface area contributed by atoms with E-state index in [-0.39, 0.29) is 0 Å². The molecule has 0 radical (unpaired) electrons. The lowest BCUT2D eigenvalue weighted by atomic mass is 10.1. The second kappa shape index (κ2) is 8.12. The Labute approximate surface area is 131 Å². The second-order valence-electron chi connectivity index (χ2n) is 5.79. The van der Waals surface area contributed by atoms with E-state index in [1.165, 1.54) is 0 Å². The van der Waals surface area contributed by atoms with E-state index in [0.29, 0.717) is 13.0 Å². The molecule has 1 atom stereocenters. The zero-order valence-corrected chi connectivity index (χ0v) is 13.1. The molecule has 6 nitrogen and oxygen atoms in total. The van der Waals surface area contributed by atoms with Crippen molar-refractivity contribution in [2.24, 2.45) is 5.73 Å². The monoisotopic (exact) mass is 307 g/mol. The van der Waals surface area contributed by atoms with Gasteiger partial charge in [-0.3, -0.25) is 9.69 Å². The minimum Gasteiger partial charge on any atom is -0.492 e. The summed E-state index contributed by atoms with van der Waals surface area (Å²) in [5, 5.41) is 8.80. The van der Waals surface area contributed by atoms with E-state index in [2.05, 4.69) is 16.8 Å². The van der Waals surface area contributed by atoms with Gasteiger partial charge in [-0.1, -0.05) is 12.1 Å². The summed E-state index contributed by atoms with van der Waals surface area (Å²) in [6, 6.07) is 6.62. The largest absolute Gasteiger partial charge is 0.492 e. The van der Waals surface area contributed by atoms with Crippen molar-refractivity contribution < 1.29 is 14.6 Å². The molecule has 2 rings (SSSR count). The van der Waals surface area contributed by atoms with E-state index in [1.54, 1.807) is 0 Å². The number of carboxylic acids is 1. The van der Waals surface area contributed by atoms with Crippen LogP contribution in [0.3, 0.4) is 0 Å². The van der Waals surface area contributed by atoms with E-state index >= 15 is 0 Å². The van der Waals surface area contributed by atoms with Gasteiger partial charge >= 0.3 is 5.97 Å². The minimum absolute atomic E-state index is 0.330. The van der Waals surface area contributed by atoms with Gasteiger partial charge in [-0.05, 0) is 31.2 Å². The van der Waals surface area contributed by atoms with E-state index < -0.39 is 12.0 Å². The molecule has 0 aromatic heterocycles. The summed E-state index contributed by atoms with van der Waals surface area (Å²) >= 11 is 0. The highest BCUT2D eigenvalue weighted by molar-refractivity contribution is 5.73. The molecule has 0 bridgehead atoms. The van der Waals surface area contributed by atoms with E-state index in [1.807, 2.05) is 24.3 Å². The second-order valence-corrected chi connectivity index (χ2v) is 5.79. The summed E-state index contributed by atoms with van der Waals surface area (Å²) in [4.78, 5) is 15.5. The third kappa shape index (κ3) is 5.29. The first-order chi connectivity index (χ1) is 10.5. The SMILES string of the molecule is CN1CCN(CCOc2ccc(CC(N)C(=O)O)cc2)CC1. The van der Waals surface area contributed by atoms with Crippen LogP contribution in [0.1, 0.15) is 5.56 Å². The number of piperazine rings is 1. The van der Waals surface area contributed by atoms with Gasteiger partial charge in [-0.25, -0.2) is 0 Å². The van der Waals surface area contributed by atoms with Crippen LogP contribution in [0, 0.1) is 0 Å². The number of nitrogens with zero attached hydrogens (tertiary/aromatic N) is 2. The number of aliphatic carboxylic acids is 1. The summed E-state index contributed by atoms with van der Waals surface area (Å²) in [5.74, 6) is -0.172. The average molecular weight is 307 g/mol. The van der Waals surface area contributed by atoms with Gasteiger partial charge in [-0.15, -0.1) is 0 Å². The van der Waals surface area contributed by atoms with Gasteiger partial charge in [0.05, 0.1) is 0 Å². The number of likely N-dealkylation sites (N-methyl/N-ethyl adjacent to an activating group) is 1. The lowest BCUT2D eigenvalue weighted by Crippen LogP contribution is -2.45. The van der Waals surface area contributed by atoms with Crippen LogP contribution in [0.5, 0.6) is 5.75 Å². The van der Waals surface area contributed by atoms with E-state index in [4.69, 9.17) is 15.6 Å². The average Bonchev–Trinajstić information content (AvgIpc) is 2.51. The number of benzene rings is 1. The molecule has 1 unspecified atom stereocenters. The van der Waals surface area contributed by atoms with Crippen molar-refractivity contribution in [1.29, 1.82) is 0 Å². The van der Waals surface area contributed by atoms with Crippen LogP contribution < -0.4 is 10.5 Å². The fraction of sp³-hybridized carbons (Fsp3) is 0.562. The lowest BCUT2D eigenvalue weighted by Gasteiger charge is -2.32. The summed E-state index contributed by atoms with van der Waals surface area (Å²) in [5.41, 5.74) is 6.42. The number of carbonyl (C=O) groups is 1. The van der Waals surface area contributed by atoms with Crippen molar-refractivity contribution in [2.45, 2.75) is 12.5 Å². The highest BCUT2D eigenvalue weighted by atomic mass is 16.5. The van der Waals surface area contributed by atoms with E-state index in [0.717, 1.165) is 44.0 Å². The molecule has 0 aliphatic carbocycles. The highest BCUT2D eigenvalue weighted by Crippen LogP contribution is 2.13. The Balaban J connectivity index is 1.71. The predicted molar refractivity (Wildman–Crippen MR) is 85.2 cm³/mol. The van der Waals surface area contributed by atoms with Gasteiger partial charge in [0.15, 0.2) is 0 Å². The molecule has 0 spiro atoms. The third-order valence-corrected chi connectivity index (χ3v) is 3.97. The molecule has 1 saturated heterocycles. The molecule has 0 saturated carbocycles. The number of hydrogen-bond acceptors (Lipinski definition) is 5. The van der Waals surface area contributed by atoms with Crippen LogP contribution in [-0.4, -0.2) is 73.3 Å². The zero-order valence-electron chi connectivity index (χ0n) is 13.1. The fourth-order valence-corrected chi connectivity index (χ4v) is 2.43. The Bertz CT molecular complexity index is 470. The number of rotatable bonds is 7. The maximum Gasteiger partial charge on any atom is 0.320 e. The molecule has 1 aromatic rings. The summed E-state index contributed by atoms with van der Waals surface area (Å²) in [7, 11) is 2.14. The summed E-state index contributed by atoms with van der Waals surface area (Å²) in [6.45, 7) is 5.99. The van der Waals surface area contributed by atoms with Gasteiger partial charge in [-0.2, -0.15) is 0 Å². The molecular weight excluding hydrogens is 282 g/mol. The van der Waals surface area contributed by atoms with Crippen LogP contribution in [0.15, 0.2) is 24.3 Å².